The molecule has 0 unspecified atom stereocenters. The van der Waals surface area contributed by atoms with Gasteiger partial charge in [0.25, 0.3) is 0 Å². The molecule has 0 radical (unpaired) electrons. The molecule has 0 spiro atoms. The number of hydrogen-bond acceptors (Lipinski definition) is 2. The lowest BCUT2D eigenvalue weighted by Gasteiger charge is -2.22. The van der Waals surface area contributed by atoms with E-state index in [0.29, 0.717) is 6.54 Å². The molecule has 0 rings (SSSR count). The molecular weight excluding hydrogens is 140 g/mol. The summed E-state index contributed by atoms with van der Waals surface area (Å²) in [5, 5.41) is 2.76. The third-order valence-electron chi connectivity index (χ3n) is 1.29. The van der Waals surface area contributed by atoms with Crippen molar-refractivity contribution in [2.24, 2.45) is 5.73 Å². The molecule has 64 valence electrons. The zero-order valence-corrected chi connectivity index (χ0v) is 7.35. The Bertz CT molecular complexity index is 161. The Morgan fingerprint density at radius 3 is 2.55 bits per heavy atom. The van der Waals surface area contributed by atoms with Crippen LogP contribution in [0.4, 0.5) is 0 Å². The molecular formula is C8H16N2O. The predicted molar refractivity (Wildman–Crippen MR) is 46.1 cm³/mol. The Kier molecular flexibility index (Phi) is 3.82. The number of amides is 1. The third-order valence-corrected chi connectivity index (χ3v) is 1.29. The summed E-state index contributed by atoms with van der Waals surface area (Å²) in [4.78, 5) is 11.0. The van der Waals surface area contributed by atoms with Gasteiger partial charge in [-0.2, -0.15) is 0 Å². The number of nitrogens with two attached hydrogens (primary N) is 1. The molecule has 0 aromatic carbocycles. The summed E-state index contributed by atoms with van der Waals surface area (Å²) in [6.07, 6.45) is 3.18. The molecule has 11 heavy (non-hydrogen) atoms. The summed E-state index contributed by atoms with van der Waals surface area (Å²) in [6, 6.07) is 0. The van der Waals surface area contributed by atoms with Crippen LogP contribution >= 0.6 is 0 Å². The Morgan fingerprint density at radius 1 is 1.64 bits per heavy atom. The van der Waals surface area contributed by atoms with Crippen LogP contribution in [0.5, 0.6) is 0 Å². The fraction of sp³-hybridized carbons (Fsp3) is 0.625. The predicted octanol–water partition coefficient (Wildman–Crippen LogP) is 0.416. The SMILES string of the molecule is C/C=C/C(=O)NC(C)(C)CN. The van der Waals surface area contributed by atoms with E-state index in [1.165, 1.54) is 6.08 Å². The smallest absolute Gasteiger partial charge is 0.244 e. The average Bonchev–Trinajstić information content (AvgIpc) is 1.87. The van der Waals surface area contributed by atoms with Crippen molar-refractivity contribution in [3.63, 3.8) is 0 Å². The van der Waals surface area contributed by atoms with E-state index in [1.807, 2.05) is 13.8 Å². The summed E-state index contributed by atoms with van der Waals surface area (Å²) in [5.74, 6) is -0.0945. The fourth-order valence-electron chi connectivity index (χ4n) is 0.578. The first kappa shape index (κ1) is 10.2. The van der Waals surface area contributed by atoms with Gasteiger partial charge >= 0.3 is 0 Å². The normalized spacial score (nSPS) is 12.0. The van der Waals surface area contributed by atoms with Crippen molar-refractivity contribution in [3.8, 4) is 0 Å². The topological polar surface area (TPSA) is 55.1 Å². The molecule has 3 nitrogen and oxygen atoms in total. The van der Waals surface area contributed by atoms with Crippen LogP contribution in [-0.4, -0.2) is 18.0 Å². The molecule has 0 bridgehead atoms. The minimum absolute atomic E-state index is 0.0945. The number of carbonyl (C=O) groups excluding carboxylic acids is 1. The van der Waals surface area contributed by atoms with Gasteiger partial charge in [-0.05, 0) is 26.8 Å². The largest absolute Gasteiger partial charge is 0.346 e. The van der Waals surface area contributed by atoms with E-state index < -0.39 is 0 Å². The van der Waals surface area contributed by atoms with Crippen molar-refractivity contribution >= 4 is 5.91 Å². The second-order valence-electron chi connectivity index (χ2n) is 3.08. The standard InChI is InChI=1S/C8H16N2O/c1-4-5-7(11)10-8(2,3)6-9/h4-5H,6,9H2,1-3H3,(H,10,11)/b5-4+. The number of nitrogens with one attached hydrogen (secondary N) is 1. The molecule has 0 atom stereocenters. The van der Waals surface area contributed by atoms with E-state index in [9.17, 15) is 4.79 Å². The highest BCUT2D eigenvalue weighted by molar-refractivity contribution is 5.87. The quantitative estimate of drug-likeness (QED) is 0.582. The highest BCUT2D eigenvalue weighted by atomic mass is 16.1. The van der Waals surface area contributed by atoms with Gasteiger partial charge in [-0.1, -0.05) is 6.08 Å². The zero-order chi connectivity index (χ0) is 8.91. The van der Waals surface area contributed by atoms with E-state index in [2.05, 4.69) is 5.32 Å². The molecule has 0 fully saturated rings. The molecule has 3 N–H and O–H groups in total. The molecule has 0 aromatic rings. The van der Waals surface area contributed by atoms with E-state index in [4.69, 9.17) is 5.73 Å². The number of carbonyl (C=O) groups is 1. The van der Waals surface area contributed by atoms with Crippen LogP contribution in [0.15, 0.2) is 12.2 Å². The maximum atomic E-state index is 11.0. The molecule has 0 saturated carbocycles. The van der Waals surface area contributed by atoms with Gasteiger partial charge in [0.05, 0.1) is 0 Å². The van der Waals surface area contributed by atoms with Gasteiger partial charge in [-0.25, -0.2) is 0 Å². The van der Waals surface area contributed by atoms with Crippen LogP contribution < -0.4 is 11.1 Å². The van der Waals surface area contributed by atoms with Gasteiger partial charge < -0.3 is 11.1 Å². The lowest BCUT2D eigenvalue weighted by Crippen LogP contribution is -2.48. The minimum atomic E-state index is -0.309. The summed E-state index contributed by atoms with van der Waals surface area (Å²) in [5.41, 5.74) is 5.10. The van der Waals surface area contributed by atoms with Crippen molar-refractivity contribution in [3.05, 3.63) is 12.2 Å². The summed E-state index contributed by atoms with van der Waals surface area (Å²) in [7, 11) is 0. The Balaban J connectivity index is 3.93. The van der Waals surface area contributed by atoms with Crippen molar-refractivity contribution in [1.82, 2.24) is 5.32 Å². The first-order valence-corrected chi connectivity index (χ1v) is 3.67. The summed E-state index contributed by atoms with van der Waals surface area (Å²) >= 11 is 0. The Morgan fingerprint density at radius 2 is 2.18 bits per heavy atom. The van der Waals surface area contributed by atoms with Crippen LogP contribution in [-0.2, 0) is 4.79 Å². The van der Waals surface area contributed by atoms with E-state index in [1.54, 1.807) is 13.0 Å². The van der Waals surface area contributed by atoms with Crippen LogP contribution in [0, 0.1) is 0 Å². The Hall–Kier alpha value is -0.830. The van der Waals surface area contributed by atoms with Crippen molar-refractivity contribution in [2.45, 2.75) is 26.3 Å². The van der Waals surface area contributed by atoms with Crippen LogP contribution in [0.1, 0.15) is 20.8 Å². The van der Waals surface area contributed by atoms with Crippen molar-refractivity contribution in [2.75, 3.05) is 6.54 Å². The molecule has 0 aliphatic carbocycles. The Labute approximate surface area is 67.7 Å². The van der Waals surface area contributed by atoms with Gasteiger partial charge in [0.1, 0.15) is 0 Å². The second-order valence-corrected chi connectivity index (χ2v) is 3.08. The van der Waals surface area contributed by atoms with Crippen LogP contribution in [0.25, 0.3) is 0 Å². The first-order valence-electron chi connectivity index (χ1n) is 3.67. The van der Waals surface area contributed by atoms with Crippen LogP contribution in [0.2, 0.25) is 0 Å². The molecule has 0 saturated heterocycles. The zero-order valence-electron chi connectivity index (χ0n) is 7.35. The fourth-order valence-corrected chi connectivity index (χ4v) is 0.578. The highest BCUT2D eigenvalue weighted by Crippen LogP contribution is 1.97. The molecule has 1 amide bonds. The maximum Gasteiger partial charge on any atom is 0.244 e. The minimum Gasteiger partial charge on any atom is -0.346 e. The summed E-state index contributed by atoms with van der Waals surface area (Å²) < 4.78 is 0. The van der Waals surface area contributed by atoms with Crippen molar-refractivity contribution < 1.29 is 4.79 Å². The highest BCUT2D eigenvalue weighted by Gasteiger charge is 2.15. The van der Waals surface area contributed by atoms with Crippen LogP contribution in [0.3, 0.4) is 0 Å². The van der Waals surface area contributed by atoms with Gasteiger partial charge in [0.2, 0.25) is 5.91 Å². The van der Waals surface area contributed by atoms with Gasteiger partial charge in [-0.3, -0.25) is 4.79 Å². The molecule has 3 heteroatoms. The average molecular weight is 156 g/mol. The first-order chi connectivity index (χ1) is 5.02. The van der Waals surface area contributed by atoms with E-state index in [-0.39, 0.29) is 11.4 Å². The van der Waals surface area contributed by atoms with Gasteiger partial charge in [-0.15, -0.1) is 0 Å². The second kappa shape index (κ2) is 4.13. The number of rotatable bonds is 3. The third kappa shape index (κ3) is 4.56. The molecule has 0 aliphatic rings. The lowest BCUT2D eigenvalue weighted by molar-refractivity contribution is -0.117. The molecule has 0 aromatic heterocycles. The van der Waals surface area contributed by atoms with E-state index in [0.717, 1.165) is 0 Å². The van der Waals surface area contributed by atoms with Gasteiger partial charge in [0, 0.05) is 12.1 Å². The number of allylic oxidation sites excluding steroid dienone is 1. The molecule has 0 heterocycles. The lowest BCUT2D eigenvalue weighted by atomic mass is 10.1. The van der Waals surface area contributed by atoms with Crippen molar-refractivity contribution in [1.29, 1.82) is 0 Å². The number of hydrogen-bond donors (Lipinski definition) is 2. The van der Waals surface area contributed by atoms with E-state index >= 15 is 0 Å². The summed E-state index contributed by atoms with van der Waals surface area (Å²) in [6.45, 7) is 6.01. The monoisotopic (exact) mass is 156 g/mol. The molecule has 0 aliphatic heterocycles. The van der Waals surface area contributed by atoms with Gasteiger partial charge in [0.15, 0.2) is 0 Å². The maximum absolute atomic E-state index is 11.0.